The van der Waals surface area contributed by atoms with Crippen LogP contribution >= 0.6 is 11.3 Å². The molecule has 0 atom stereocenters. The molecule has 8 heteroatoms. The molecule has 3 aromatic heterocycles. The van der Waals surface area contributed by atoms with E-state index in [2.05, 4.69) is 15.2 Å². The summed E-state index contributed by atoms with van der Waals surface area (Å²) in [5.74, 6) is 0.254. The topological polar surface area (TPSA) is 83.0 Å². The molecule has 0 N–H and O–H groups in total. The molecule has 0 spiro atoms. The molecule has 27 heavy (non-hydrogen) atoms. The normalized spacial score (nSPS) is 10.9. The monoisotopic (exact) mass is 380 g/mol. The van der Waals surface area contributed by atoms with Gasteiger partial charge in [-0.15, -0.1) is 0 Å². The van der Waals surface area contributed by atoms with Gasteiger partial charge in [0.2, 0.25) is 5.82 Å². The summed E-state index contributed by atoms with van der Waals surface area (Å²) in [4.78, 5) is 16.8. The molecule has 4 rings (SSSR count). The standard InChI is InChI=1S/C19H16N4O3S/c1-12-17(13(2)23(21-12)15-6-4-3-5-7-15)19(24)25-10-16-20-18(22-26-16)14-8-9-27-11-14/h3-9,11H,10H2,1-2H3. The van der Waals surface area contributed by atoms with E-state index in [4.69, 9.17) is 9.26 Å². The average Bonchev–Trinajstić information content (AvgIpc) is 3.41. The zero-order valence-electron chi connectivity index (χ0n) is 14.7. The molecule has 0 unspecified atom stereocenters. The van der Waals surface area contributed by atoms with E-state index in [0.717, 1.165) is 11.3 Å². The summed E-state index contributed by atoms with van der Waals surface area (Å²) >= 11 is 1.55. The Bertz CT molecular complexity index is 1070. The molecule has 0 saturated heterocycles. The van der Waals surface area contributed by atoms with Gasteiger partial charge in [-0.25, -0.2) is 9.48 Å². The smallest absolute Gasteiger partial charge is 0.342 e. The highest BCUT2D eigenvalue weighted by Crippen LogP contribution is 2.21. The number of rotatable bonds is 5. The molecule has 7 nitrogen and oxygen atoms in total. The maximum absolute atomic E-state index is 12.6. The molecule has 0 radical (unpaired) electrons. The molecular formula is C19H16N4O3S. The Morgan fingerprint density at radius 3 is 2.78 bits per heavy atom. The van der Waals surface area contributed by atoms with Gasteiger partial charge in [0.05, 0.1) is 17.1 Å². The minimum absolute atomic E-state index is 0.0919. The first-order chi connectivity index (χ1) is 13.1. The highest BCUT2D eigenvalue weighted by atomic mass is 32.1. The lowest BCUT2D eigenvalue weighted by Gasteiger charge is -2.05. The summed E-state index contributed by atoms with van der Waals surface area (Å²) in [6, 6.07) is 11.5. The van der Waals surface area contributed by atoms with Gasteiger partial charge in [-0.1, -0.05) is 23.4 Å². The second kappa shape index (κ2) is 7.16. The van der Waals surface area contributed by atoms with Crippen molar-refractivity contribution in [3.63, 3.8) is 0 Å². The van der Waals surface area contributed by atoms with Crippen molar-refractivity contribution in [2.45, 2.75) is 20.5 Å². The van der Waals surface area contributed by atoms with Crippen LogP contribution in [-0.4, -0.2) is 25.9 Å². The van der Waals surface area contributed by atoms with E-state index < -0.39 is 5.97 Å². The van der Waals surface area contributed by atoms with Gasteiger partial charge in [0, 0.05) is 10.9 Å². The van der Waals surface area contributed by atoms with Gasteiger partial charge in [0.1, 0.15) is 5.56 Å². The predicted octanol–water partition coefficient (Wildman–Crippen LogP) is 3.96. The molecule has 0 amide bonds. The predicted molar refractivity (Wildman–Crippen MR) is 99.8 cm³/mol. The highest BCUT2D eigenvalue weighted by molar-refractivity contribution is 7.08. The van der Waals surface area contributed by atoms with Crippen LogP contribution in [0.1, 0.15) is 27.6 Å². The van der Waals surface area contributed by atoms with E-state index in [1.165, 1.54) is 0 Å². The van der Waals surface area contributed by atoms with E-state index in [0.29, 0.717) is 22.8 Å². The van der Waals surface area contributed by atoms with Gasteiger partial charge in [0.15, 0.2) is 6.61 Å². The van der Waals surface area contributed by atoms with Crippen molar-refractivity contribution in [3.8, 4) is 17.1 Å². The van der Waals surface area contributed by atoms with Crippen LogP contribution in [0.5, 0.6) is 0 Å². The van der Waals surface area contributed by atoms with E-state index in [1.54, 1.807) is 22.9 Å². The van der Waals surface area contributed by atoms with Gasteiger partial charge >= 0.3 is 5.97 Å². The first-order valence-corrected chi connectivity index (χ1v) is 9.21. The zero-order valence-corrected chi connectivity index (χ0v) is 15.6. The lowest BCUT2D eigenvalue weighted by Crippen LogP contribution is -2.08. The number of esters is 1. The molecule has 0 bridgehead atoms. The Morgan fingerprint density at radius 1 is 1.22 bits per heavy atom. The Hall–Kier alpha value is -3.26. The van der Waals surface area contributed by atoms with Crippen molar-refractivity contribution >= 4 is 17.3 Å². The second-order valence-electron chi connectivity index (χ2n) is 5.89. The Labute approximate surface area is 159 Å². The first-order valence-electron chi connectivity index (χ1n) is 8.27. The number of benzene rings is 1. The minimum atomic E-state index is -0.470. The second-order valence-corrected chi connectivity index (χ2v) is 6.67. The van der Waals surface area contributed by atoms with Crippen LogP contribution in [0.3, 0.4) is 0 Å². The molecule has 4 aromatic rings. The number of hydrogen-bond donors (Lipinski definition) is 0. The number of para-hydroxylation sites is 1. The summed E-state index contributed by atoms with van der Waals surface area (Å²) in [7, 11) is 0. The maximum atomic E-state index is 12.6. The van der Waals surface area contributed by atoms with Crippen LogP contribution in [0.25, 0.3) is 17.1 Å². The number of thiophene rings is 1. The van der Waals surface area contributed by atoms with Crippen molar-refractivity contribution in [3.05, 3.63) is 70.0 Å². The molecule has 0 aliphatic heterocycles. The molecule has 0 fully saturated rings. The lowest BCUT2D eigenvalue weighted by atomic mass is 10.2. The van der Waals surface area contributed by atoms with Crippen LogP contribution < -0.4 is 0 Å². The number of nitrogens with zero attached hydrogens (tertiary/aromatic N) is 4. The fourth-order valence-electron chi connectivity index (χ4n) is 2.78. The number of carbonyl (C=O) groups excluding carboxylic acids is 1. The summed E-state index contributed by atoms with van der Waals surface area (Å²) < 4.78 is 12.3. The van der Waals surface area contributed by atoms with Gasteiger partial charge in [-0.2, -0.15) is 21.4 Å². The van der Waals surface area contributed by atoms with Crippen LogP contribution in [-0.2, 0) is 11.3 Å². The summed E-state index contributed by atoms with van der Waals surface area (Å²) in [5.41, 5.74) is 3.52. The maximum Gasteiger partial charge on any atom is 0.342 e. The molecule has 136 valence electrons. The van der Waals surface area contributed by atoms with Crippen LogP contribution in [0.15, 0.2) is 51.7 Å². The fraction of sp³-hybridized carbons (Fsp3) is 0.158. The van der Waals surface area contributed by atoms with Gasteiger partial charge in [0.25, 0.3) is 5.89 Å². The first kappa shape index (κ1) is 17.2. The molecule has 0 saturated carbocycles. The van der Waals surface area contributed by atoms with Crippen molar-refractivity contribution in [2.24, 2.45) is 0 Å². The number of ether oxygens (including phenoxy) is 1. The van der Waals surface area contributed by atoms with Crippen LogP contribution in [0.4, 0.5) is 0 Å². The molecule has 3 heterocycles. The third kappa shape index (κ3) is 3.39. The van der Waals surface area contributed by atoms with Crippen LogP contribution in [0.2, 0.25) is 0 Å². The van der Waals surface area contributed by atoms with Gasteiger partial charge in [-0.05, 0) is 37.4 Å². The average molecular weight is 380 g/mol. The number of aromatic nitrogens is 4. The number of hydrogen-bond acceptors (Lipinski definition) is 7. The summed E-state index contributed by atoms with van der Waals surface area (Å²) in [5, 5.41) is 12.2. The quantitative estimate of drug-likeness (QED) is 0.487. The third-order valence-electron chi connectivity index (χ3n) is 4.07. The Balaban J connectivity index is 1.50. The van der Waals surface area contributed by atoms with Crippen molar-refractivity contribution in [2.75, 3.05) is 0 Å². The van der Waals surface area contributed by atoms with E-state index >= 15 is 0 Å². The van der Waals surface area contributed by atoms with Crippen LogP contribution in [0, 0.1) is 13.8 Å². The van der Waals surface area contributed by atoms with E-state index in [9.17, 15) is 4.79 Å². The van der Waals surface area contributed by atoms with Gasteiger partial charge < -0.3 is 9.26 Å². The molecule has 0 aliphatic rings. The van der Waals surface area contributed by atoms with E-state index in [-0.39, 0.29) is 12.5 Å². The summed E-state index contributed by atoms with van der Waals surface area (Å²) in [6.45, 7) is 3.53. The largest absolute Gasteiger partial charge is 0.452 e. The third-order valence-corrected chi connectivity index (χ3v) is 4.75. The van der Waals surface area contributed by atoms with E-state index in [1.807, 2.05) is 54.1 Å². The minimum Gasteiger partial charge on any atom is -0.452 e. The molecular weight excluding hydrogens is 364 g/mol. The van der Waals surface area contributed by atoms with Gasteiger partial charge in [-0.3, -0.25) is 0 Å². The highest BCUT2D eigenvalue weighted by Gasteiger charge is 2.21. The van der Waals surface area contributed by atoms with Crippen molar-refractivity contribution in [1.82, 2.24) is 19.9 Å². The Morgan fingerprint density at radius 2 is 2.04 bits per heavy atom. The van der Waals surface area contributed by atoms with Crippen molar-refractivity contribution < 1.29 is 14.1 Å². The Kier molecular flexibility index (Phi) is 4.55. The summed E-state index contributed by atoms with van der Waals surface area (Å²) in [6.07, 6.45) is 0. The fourth-order valence-corrected chi connectivity index (χ4v) is 3.41. The number of carbonyl (C=O) groups is 1. The van der Waals surface area contributed by atoms with Crippen molar-refractivity contribution in [1.29, 1.82) is 0 Å². The number of aryl methyl sites for hydroxylation is 1. The lowest BCUT2D eigenvalue weighted by molar-refractivity contribution is 0.0428. The molecule has 1 aromatic carbocycles. The SMILES string of the molecule is Cc1nn(-c2ccccc2)c(C)c1C(=O)OCc1nc(-c2ccsc2)no1. The zero-order chi connectivity index (χ0) is 18.8. The molecule has 0 aliphatic carbocycles.